The number of Topliss-reactive ketones (excluding diaryl/α,β-unsaturated/α-hetero) is 1. The maximum atomic E-state index is 14.6. The molecule has 8 rings (SSSR count). The van der Waals surface area contributed by atoms with Crippen molar-refractivity contribution < 1.29 is 67.8 Å². The summed E-state index contributed by atoms with van der Waals surface area (Å²) in [6.45, 7) is 5.86. The summed E-state index contributed by atoms with van der Waals surface area (Å²) in [5, 5.41) is 34.0. The Morgan fingerprint density at radius 3 is 2.31 bits per heavy atom. The highest BCUT2D eigenvalue weighted by atomic mass is 16.6. The topological polar surface area (TPSA) is 209 Å². The van der Waals surface area contributed by atoms with E-state index in [4.69, 9.17) is 18.9 Å². The highest BCUT2D eigenvalue weighted by molar-refractivity contribution is 6.09. The molecule has 5 fully saturated rings. The summed E-state index contributed by atoms with van der Waals surface area (Å²) in [7, 11) is 2.41. The molecule has 1 heterocycles. The van der Waals surface area contributed by atoms with Crippen LogP contribution >= 0.6 is 0 Å². The van der Waals surface area contributed by atoms with Crippen molar-refractivity contribution in [1.82, 2.24) is 0 Å². The molecule has 14 heteroatoms. The molecule has 0 aromatic carbocycles. The first-order valence-electron chi connectivity index (χ1n) is 19.1. The first-order valence-corrected chi connectivity index (χ1v) is 19.1. The summed E-state index contributed by atoms with van der Waals surface area (Å²) < 4.78 is 27.7. The Bertz CT molecular complexity index is 1970. The number of aliphatic hydroxyl groups excluding tert-OH is 2. The van der Waals surface area contributed by atoms with Gasteiger partial charge in [0, 0.05) is 34.5 Å². The molecule has 55 heavy (non-hydrogen) atoms. The van der Waals surface area contributed by atoms with Crippen LogP contribution < -0.4 is 0 Å². The molecule has 14 nitrogen and oxygen atoms in total. The molecule has 1 spiro atoms. The minimum atomic E-state index is -1.55. The summed E-state index contributed by atoms with van der Waals surface area (Å²) in [6, 6.07) is 0. The Balaban J connectivity index is 1.30. The summed E-state index contributed by atoms with van der Waals surface area (Å²) >= 11 is 0. The molecule has 0 aromatic rings. The number of rotatable bonds is 10. The Hall–Kier alpha value is -4.14. The standard InChI is InChI=1S/C41H48O14/c1-17(14-42)9-30(45)54-16-40(50)25-12-24(25)38(3)26(40)13-23-21(15-53-29(44)8-7-28(43)51-5)37(49)55-41(23)27(38)11-20-19-10-22(19)39(4)32(20)33(41)31(34(46)35(39)47)18(2)36(48)52-6/h9,19,22,24-27,33,35,42,47,50H,7-8,10-16H2,1-6H3. The van der Waals surface area contributed by atoms with Gasteiger partial charge in [-0.2, -0.15) is 0 Å². The summed E-state index contributed by atoms with van der Waals surface area (Å²) in [6.07, 6.45) is 1.12. The number of aliphatic hydroxyl groups is 3. The number of carbonyl (C=O) groups excluding carboxylic acids is 6. The molecular formula is C41H48O14. The summed E-state index contributed by atoms with van der Waals surface area (Å²) in [5.41, 5.74) is -2.00. The number of esters is 5. The van der Waals surface area contributed by atoms with Gasteiger partial charge in [0.15, 0.2) is 5.78 Å². The largest absolute Gasteiger partial charge is 0.469 e. The SMILES string of the molecule is COC(=O)CCC(=O)OCC1=C2CC3C(O)(COC(=O)C=C(C)CO)C4CC4C3(C)C3CC4=C5C(C(=C(C)C(=O)OC)C(=O)C(O)C5(C)C5CC45)C23OC1=O. The van der Waals surface area contributed by atoms with E-state index >= 15 is 0 Å². The van der Waals surface area contributed by atoms with Crippen molar-refractivity contribution in [3.05, 3.63) is 45.1 Å². The van der Waals surface area contributed by atoms with Crippen molar-refractivity contribution >= 4 is 35.6 Å². The summed E-state index contributed by atoms with van der Waals surface area (Å²) in [5.74, 6) is -6.56. The number of methoxy groups -OCH3 is 2. The van der Waals surface area contributed by atoms with Crippen molar-refractivity contribution in [2.24, 2.45) is 52.3 Å². The van der Waals surface area contributed by atoms with Crippen LogP contribution in [0.4, 0.5) is 0 Å². The van der Waals surface area contributed by atoms with Gasteiger partial charge in [0.25, 0.3) is 0 Å². The van der Waals surface area contributed by atoms with E-state index in [0.29, 0.717) is 24.0 Å². The Morgan fingerprint density at radius 2 is 1.64 bits per heavy atom. The predicted octanol–water partition coefficient (Wildman–Crippen LogP) is 1.99. The normalized spacial score (nSPS) is 42.2. The van der Waals surface area contributed by atoms with Crippen LogP contribution in [-0.2, 0) is 52.5 Å². The van der Waals surface area contributed by atoms with E-state index in [1.54, 1.807) is 6.92 Å². The molecule has 3 N–H and O–H groups in total. The van der Waals surface area contributed by atoms with E-state index in [0.717, 1.165) is 17.6 Å². The number of hydrogen-bond donors (Lipinski definition) is 3. The molecule has 0 radical (unpaired) electrons. The first-order chi connectivity index (χ1) is 26.0. The molecule has 8 aliphatic rings. The monoisotopic (exact) mass is 764 g/mol. The number of carbonyl (C=O) groups is 6. The van der Waals surface area contributed by atoms with Crippen LogP contribution in [0, 0.1) is 52.3 Å². The highest BCUT2D eigenvalue weighted by Crippen LogP contribution is 2.83. The van der Waals surface area contributed by atoms with Crippen LogP contribution in [0.1, 0.15) is 66.2 Å². The minimum Gasteiger partial charge on any atom is -0.469 e. The molecule has 12 atom stereocenters. The molecule has 5 saturated carbocycles. The van der Waals surface area contributed by atoms with Gasteiger partial charge in [-0.1, -0.05) is 19.4 Å². The lowest BCUT2D eigenvalue weighted by molar-refractivity contribution is -0.191. The molecule has 7 aliphatic carbocycles. The zero-order valence-corrected chi connectivity index (χ0v) is 31.9. The minimum absolute atomic E-state index is 0.00298. The lowest BCUT2D eigenvalue weighted by atomic mass is 9.42. The fourth-order valence-electron chi connectivity index (χ4n) is 12.5. The van der Waals surface area contributed by atoms with Gasteiger partial charge in [-0.3, -0.25) is 14.4 Å². The first kappa shape index (κ1) is 37.8. The van der Waals surface area contributed by atoms with Crippen LogP contribution in [0.3, 0.4) is 0 Å². The zero-order valence-electron chi connectivity index (χ0n) is 31.9. The molecule has 296 valence electrons. The number of ketones is 1. The van der Waals surface area contributed by atoms with Gasteiger partial charge in [-0.25, -0.2) is 14.4 Å². The van der Waals surface area contributed by atoms with Crippen molar-refractivity contribution in [1.29, 1.82) is 0 Å². The molecule has 0 aromatic heterocycles. The third-order valence-corrected chi connectivity index (χ3v) is 15.1. The van der Waals surface area contributed by atoms with Crippen LogP contribution in [-0.4, -0.2) is 102 Å². The van der Waals surface area contributed by atoms with Gasteiger partial charge >= 0.3 is 29.8 Å². The van der Waals surface area contributed by atoms with Gasteiger partial charge in [-0.05, 0) is 85.3 Å². The molecule has 1 aliphatic heterocycles. The van der Waals surface area contributed by atoms with E-state index < -0.39 is 88.1 Å². The van der Waals surface area contributed by atoms with Gasteiger partial charge < -0.3 is 39.0 Å². The molecule has 0 bridgehead atoms. The fourth-order valence-corrected chi connectivity index (χ4v) is 12.5. The number of ether oxygens (including phenoxy) is 5. The second kappa shape index (κ2) is 12.4. The zero-order chi connectivity index (χ0) is 39.7. The maximum absolute atomic E-state index is 14.6. The van der Waals surface area contributed by atoms with E-state index in [1.807, 2.05) is 6.92 Å². The fraction of sp³-hybridized carbons (Fsp3) is 0.659. The smallest absolute Gasteiger partial charge is 0.338 e. The second-order valence-corrected chi connectivity index (χ2v) is 17.4. The van der Waals surface area contributed by atoms with Crippen molar-refractivity contribution in [3.63, 3.8) is 0 Å². The summed E-state index contributed by atoms with van der Waals surface area (Å²) in [4.78, 5) is 79.8. The quantitative estimate of drug-likeness (QED) is 0.126. The lowest BCUT2D eigenvalue weighted by Crippen LogP contribution is -2.67. The van der Waals surface area contributed by atoms with Gasteiger partial charge in [-0.15, -0.1) is 0 Å². The lowest BCUT2D eigenvalue weighted by Gasteiger charge is -2.63. The van der Waals surface area contributed by atoms with Crippen LogP contribution in [0.25, 0.3) is 0 Å². The molecule has 0 saturated heterocycles. The number of hydrogen-bond acceptors (Lipinski definition) is 14. The molecule has 12 unspecified atom stereocenters. The highest BCUT2D eigenvalue weighted by Gasteiger charge is 2.84. The number of allylic oxidation sites excluding steroid dienone is 1. The predicted molar refractivity (Wildman–Crippen MR) is 187 cm³/mol. The third kappa shape index (κ3) is 4.89. The van der Waals surface area contributed by atoms with E-state index in [9.17, 15) is 44.1 Å². The average molecular weight is 765 g/mol. The Kier molecular flexibility index (Phi) is 8.54. The average Bonchev–Trinajstić information content (AvgIpc) is 4.08. The Morgan fingerprint density at radius 1 is 0.927 bits per heavy atom. The van der Waals surface area contributed by atoms with Crippen LogP contribution in [0.5, 0.6) is 0 Å². The van der Waals surface area contributed by atoms with E-state index in [-0.39, 0.29) is 72.9 Å². The molecule has 0 amide bonds. The molecular weight excluding hydrogens is 716 g/mol. The third-order valence-electron chi connectivity index (χ3n) is 15.1. The van der Waals surface area contributed by atoms with Crippen molar-refractivity contribution in [3.8, 4) is 0 Å². The van der Waals surface area contributed by atoms with Crippen LogP contribution in [0.2, 0.25) is 0 Å². The van der Waals surface area contributed by atoms with Crippen LogP contribution in [0.15, 0.2) is 45.1 Å². The Labute approximate surface area is 317 Å². The maximum Gasteiger partial charge on any atom is 0.338 e. The van der Waals surface area contributed by atoms with E-state index in [1.165, 1.54) is 27.2 Å². The number of fused-ring (bicyclic) bond motifs is 7. The second-order valence-electron chi connectivity index (χ2n) is 17.4. The van der Waals surface area contributed by atoms with Crippen molar-refractivity contribution in [2.45, 2.75) is 83.5 Å². The van der Waals surface area contributed by atoms with Gasteiger partial charge in [0.1, 0.15) is 30.5 Å². The van der Waals surface area contributed by atoms with E-state index in [2.05, 4.69) is 11.7 Å². The van der Waals surface area contributed by atoms with Crippen molar-refractivity contribution in [2.75, 3.05) is 34.0 Å². The van der Waals surface area contributed by atoms with Gasteiger partial charge in [0.2, 0.25) is 0 Å². The van der Waals surface area contributed by atoms with Gasteiger partial charge in [0.05, 0.1) is 45.2 Å².